The first kappa shape index (κ1) is 26.7. The van der Waals surface area contributed by atoms with Crippen molar-refractivity contribution in [3.8, 4) is 0 Å². The summed E-state index contributed by atoms with van der Waals surface area (Å²) in [4.78, 5) is 28.7. The van der Waals surface area contributed by atoms with Crippen LogP contribution in [-0.4, -0.2) is 28.8 Å². The number of carbonyl (C=O) groups is 2. The van der Waals surface area contributed by atoms with Crippen LogP contribution in [0.15, 0.2) is 72.8 Å². The van der Waals surface area contributed by atoms with E-state index in [0.717, 1.165) is 17.5 Å². The molecule has 0 heterocycles. The summed E-state index contributed by atoms with van der Waals surface area (Å²) in [5.74, 6) is -0.845. The average Bonchev–Trinajstić information content (AvgIpc) is 2.85. The Morgan fingerprint density at radius 1 is 0.914 bits per heavy atom. The van der Waals surface area contributed by atoms with Gasteiger partial charge in [-0.05, 0) is 54.3 Å². The molecule has 0 bridgehead atoms. The molecule has 2 amide bonds. The molecular formula is C28H29Cl2FN2O2. The monoisotopic (exact) mass is 514 g/mol. The third kappa shape index (κ3) is 7.81. The van der Waals surface area contributed by atoms with Crippen LogP contribution in [-0.2, 0) is 29.0 Å². The summed E-state index contributed by atoms with van der Waals surface area (Å²) >= 11 is 12.3. The third-order valence-corrected chi connectivity index (χ3v) is 6.62. The quantitative estimate of drug-likeness (QED) is 0.348. The van der Waals surface area contributed by atoms with Crippen molar-refractivity contribution >= 4 is 35.0 Å². The van der Waals surface area contributed by atoms with E-state index in [4.69, 9.17) is 23.2 Å². The molecule has 0 saturated heterocycles. The SMILES string of the molecule is CC[C@@H](C)NC(=O)[C@H](Cc1ccccc1)N(Cc1ccc(Cl)c(Cl)c1)C(=O)Cc1ccc(F)cc1. The van der Waals surface area contributed by atoms with Gasteiger partial charge in [-0.3, -0.25) is 9.59 Å². The summed E-state index contributed by atoms with van der Waals surface area (Å²) in [6.45, 7) is 4.09. The molecule has 3 rings (SSSR count). The lowest BCUT2D eigenvalue weighted by atomic mass is 10.0. The standard InChI is InChI=1S/C28H29Cl2FN2O2/c1-3-19(2)32-28(35)26(16-20-7-5-4-6-8-20)33(18-22-11-14-24(29)25(30)15-22)27(34)17-21-9-12-23(31)13-10-21/h4-15,19,26H,3,16-18H2,1-2H3,(H,32,35)/t19-,26+/m1/s1. The first-order valence-electron chi connectivity index (χ1n) is 11.6. The van der Waals surface area contributed by atoms with Crippen molar-refractivity contribution in [3.05, 3.63) is 105 Å². The molecule has 1 N–H and O–H groups in total. The normalized spacial score (nSPS) is 12.6. The first-order valence-corrected chi connectivity index (χ1v) is 12.3. The molecule has 0 fully saturated rings. The number of amides is 2. The Kier molecular flexibility index (Phi) is 9.70. The summed E-state index contributed by atoms with van der Waals surface area (Å²) in [6.07, 6.45) is 1.14. The van der Waals surface area contributed by atoms with Crippen LogP contribution in [0.25, 0.3) is 0 Å². The van der Waals surface area contributed by atoms with Gasteiger partial charge in [-0.25, -0.2) is 4.39 Å². The lowest BCUT2D eigenvalue weighted by molar-refractivity contribution is -0.141. The summed E-state index contributed by atoms with van der Waals surface area (Å²) in [5, 5.41) is 3.82. The molecule has 3 aromatic rings. The molecule has 0 unspecified atom stereocenters. The fraction of sp³-hybridized carbons (Fsp3) is 0.286. The topological polar surface area (TPSA) is 49.4 Å². The lowest BCUT2D eigenvalue weighted by Crippen LogP contribution is -2.52. The predicted octanol–water partition coefficient (Wildman–Crippen LogP) is 6.23. The van der Waals surface area contributed by atoms with Crippen LogP contribution < -0.4 is 5.32 Å². The Hall–Kier alpha value is -2.89. The van der Waals surface area contributed by atoms with E-state index < -0.39 is 6.04 Å². The largest absolute Gasteiger partial charge is 0.352 e. The zero-order chi connectivity index (χ0) is 25.4. The van der Waals surface area contributed by atoms with Gasteiger partial charge in [0.2, 0.25) is 11.8 Å². The van der Waals surface area contributed by atoms with E-state index in [0.29, 0.717) is 22.0 Å². The van der Waals surface area contributed by atoms with Gasteiger partial charge in [0.15, 0.2) is 0 Å². The van der Waals surface area contributed by atoms with Crippen LogP contribution in [0.2, 0.25) is 10.0 Å². The highest BCUT2D eigenvalue weighted by Crippen LogP contribution is 2.24. The van der Waals surface area contributed by atoms with Crippen molar-refractivity contribution in [2.75, 3.05) is 0 Å². The van der Waals surface area contributed by atoms with Gasteiger partial charge in [-0.15, -0.1) is 0 Å². The minimum Gasteiger partial charge on any atom is -0.352 e. The van der Waals surface area contributed by atoms with Gasteiger partial charge in [0.25, 0.3) is 0 Å². The van der Waals surface area contributed by atoms with Crippen molar-refractivity contribution in [2.45, 2.75) is 51.7 Å². The number of hydrogen-bond acceptors (Lipinski definition) is 2. The summed E-state index contributed by atoms with van der Waals surface area (Å²) < 4.78 is 13.4. The minimum absolute atomic E-state index is 0.0313. The molecule has 2 atom stereocenters. The second-order valence-corrected chi connectivity index (χ2v) is 9.41. The molecule has 0 aliphatic carbocycles. The average molecular weight is 515 g/mol. The first-order chi connectivity index (χ1) is 16.8. The Bertz CT molecular complexity index is 1140. The molecule has 0 aromatic heterocycles. The van der Waals surface area contributed by atoms with Crippen molar-refractivity contribution in [1.82, 2.24) is 10.2 Å². The van der Waals surface area contributed by atoms with E-state index >= 15 is 0 Å². The number of rotatable bonds is 10. The van der Waals surface area contributed by atoms with Crippen LogP contribution in [0, 0.1) is 5.82 Å². The van der Waals surface area contributed by atoms with Crippen molar-refractivity contribution < 1.29 is 14.0 Å². The van der Waals surface area contributed by atoms with E-state index in [1.807, 2.05) is 44.2 Å². The molecule has 0 saturated carbocycles. The maximum atomic E-state index is 13.6. The molecule has 0 spiro atoms. The smallest absolute Gasteiger partial charge is 0.243 e. The summed E-state index contributed by atoms with van der Waals surface area (Å²) in [6, 6.07) is 19.8. The second-order valence-electron chi connectivity index (χ2n) is 8.60. The number of carbonyl (C=O) groups excluding carboxylic acids is 2. The molecule has 0 aliphatic rings. The second kappa shape index (κ2) is 12.7. The lowest BCUT2D eigenvalue weighted by Gasteiger charge is -2.32. The van der Waals surface area contributed by atoms with Crippen LogP contribution in [0.5, 0.6) is 0 Å². The van der Waals surface area contributed by atoms with Crippen LogP contribution in [0.1, 0.15) is 37.0 Å². The molecule has 0 aliphatic heterocycles. The summed E-state index contributed by atoms with van der Waals surface area (Å²) in [7, 11) is 0. The van der Waals surface area contributed by atoms with Gasteiger partial charge >= 0.3 is 0 Å². The predicted molar refractivity (Wildman–Crippen MR) is 139 cm³/mol. The zero-order valence-corrected chi connectivity index (χ0v) is 21.3. The van der Waals surface area contributed by atoms with E-state index in [9.17, 15) is 14.0 Å². The van der Waals surface area contributed by atoms with Crippen LogP contribution >= 0.6 is 23.2 Å². The minimum atomic E-state index is -0.756. The summed E-state index contributed by atoms with van der Waals surface area (Å²) in [5.41, 5.74) is 2.35. The Labute approximate surface area is 216 Å². The molecule has 4 nitrogen and oxygen atoms in total. The maximum absolute atomic E-state index is 13.6. The van der Waals surface area contributed by atoms with Gasteiger partial charge in [0.1, 0.15) is 11.9 Å². The zero-order valence-electron chi connectivity index (χ0n) is 19.8. The van der Waals surface area contributed by atoms with Crippen LogP contribution in [0.4, 0.5) is 4.39 Å². The fourth-order valence-corrected chi connectivity index (χ4v) is 4.03. The van der Waals surface area contributed by atoms with Crippen LogP contribution in [0.3, 0.4) is 0 Å². The molecule has 35 heavy (non-hydrogen) atoms. The van der Waals surface area contributed by atoms with Gasteiger partial charge < -0.3 is 10.2 Å². The molecule has 184 valence electrons. The Morgan fingerprint density at radius 2 is 1.57 bits per heavy atom. The fourth-order valence-electron chi connectivity index (χ4n) is 3.71. The molecule has 7 heteroatoms. The third-order valence-electron chi connectivity index (χ3n) is 5.88. The van der Waals surface area contributed by atoms with Gasteiger partial charge in [0, 0.05) is 19.0 Å². The highest BCUT2D eigenvalue weighted by atomic mass is 35.5. The number of halogens is 3. The van der Waals surface area contributed by atoms with E-state index in [1.54, 1.807) is 35.2 Å². The van der Waals surface area contributed by atoms with Crippen molar-refractivity contribution in [3.63, 3.8) is 0 Å². The molecular weight excluding hydrogens is 486 g/mol. The van der Waals surface area contributed by atoms with Gasteiger partial charge in [-0.1, -0.05) is 78.7 Å². The van der Waals surface area contributed by atoms with Gasteiger partial charge in [-0.2, -0.15) is 0 Å². The number of benzene rings is 3. The Morgan fingerprint density at radius 3 is 2.20 bits per heavy atom. The number of nitrogens with zero attached hydrogens (tertiary/aromatic N) is 1. The van der Waals surface area contributed by atoms with Gasteiger partial charge in [0.05, 0.1) is 16.5 Å². The highest BCUT2D eigenvalue weighted by Gasteiger charge is 2.31. The van der Waals surface area contributed by atoms with E-state index in [-0.39, 0.29) is 36.6 Å². The van der Waals surface area contributed by atoms with E-state index in [1.165, 1.54) is 12.1 Å². The molecule has 0 radical (unpaired) electrons. The molecule has 3 aromatic carbocycles. The number of hydrogen-bond donors (Lipinski definition) is 1. The Balaban J connectivity index is 1.98. The van der Waals surface area contributed by atoms with Crippen molar-refractivity contribution in [2.24, 2.45) is 0 Å². The maximum Gasteiger partial charge on any atom is 0.243 e. The van der Waals surface area contributed by atoms with E-state index in [2.05, 4.69) is 5.32 Å². The number of nitrogens with one attached hydrogen (secondary N) is 1. The van der Waals surface area contributed by atoms with Crippen molar-refractivity contribution in [1.29, 1.82) is 0 Å². The highest BCUT2D eigenvalue weighted by molar-refractivity contribution is 6.42.